The molecule has 1 aliphatic rings. The molecule has 6 nitrogen and oxygen atoms in total. The summed E-state index contributed by atoms with van der Waals surface area (Å²) >= 11 is 1.59. The van der Waals surface area contributed by atoms with Crippen molar-refractivity contribution in [2.24, 2.45) is 0 Å². The van der Waals surface area contributed by atoms with Crippen molar-refractivity contribution in [3.05, 3.63) is 72.1 Å². The molecule has 1 atom stereocenters. The average molecular weight is 338 g/mol. The standard InChI is InChI=1S/C17H14N4O2S/c1-17(7-15(21-23-17)22-13-8-18-11-19-9-13)14-10-20-16(24-14)12-5-3-2-4-6-12/h2-11,21H,1H3. The van der Waals surface area contributed by atoms with E-state index in [4.69, 9.17) is 9.57 Å². The summed E-state index contributed by atoms with van der Waals surface area (Å²) in [4.78, 5) is 19.0. The molecule has 0 saturated heterocycles. The lowest BCUT2D eigenvalue weighted by molar-refractivity contribution is -0.0381. The van der Waals surface area contributed by atoms with Crippen LogP contribution in [0.1, 0.15) is 11.8 Å². The molecule has 120 valence electrons. The van der Waals surface area contributed by atoms with Crippen LogP contribution in [-0.4, -0.2) is 15.0 Å². The maximum Gasteiger partial charge on any atom is 0.216 e. The Morgan fingerprint density at radius 2 is 1.92 bits per heavy atom. The molecule has 0 radical (unpaired) electrons. The zero-order chi connectivity index (χ0) is 16.4. The summed E-state index contributed by atoms with van der Waals surface area (Å²) in [5, 5.41) is 0.953. The normalized spacial score (nSPS) is 19.6. The second-order valence-electron chi connectivity index (χ2n) is 5.39. The van der Waals surface area contributed by atoms with Crippen molar-refractivity contribution in [3.8, 4) is 16.3 Å². The Morgan fingerprint density at radius 1 is 1.12 bits per heavy atom. The van der Waals surface area contributed by atoms with Gasteiger partial charge in [0.15, 0.2) is 11.4 Å². The third-order valence-electron chi connectivity index (χ3n) is 3.55. The van der Waals surface area contributed by atoms with Crippen LogP contribution in [0.2, 0.25) is 0 Å². The van der Waals surface area contributed by atoms with Crippen LogP contribution in [0.15, 0.2) is 67.2 Å². The smallest absolute Gasteiger partial charge is 0.216 e. The van der Waals surface area contributed by atoms with Gasteiger partial charge in [0.25, 0.3) is 0 Å². The van der Waals surface area contributed by atoms with E-state index in [1.165, 1.54) is 6.33 Å². The van der Waals surface area contributed by atoms with Crippen LogP contribution in [0.4, 0.5) is 0 Å². The Balaban J connectivity index is 1.57. The molecule has 24 heavy (non-hydrogen) atoms. The molecule has 0 saturated carbocycles. The summed E-state index contributed by atoms with van der Waals surface area (Å²) in [7, 11) is 0. The van der Waals surface area contributed by atoms with Gasteiger partial charge in [0.1, 0.15) is 11.3 Å². The van der Waals surface area contributed by atoms with Crippen molar-refractivity contribution in [3.63, 3.8) is 0 Å². The number of hydrogen-bond donors (Lipinski definition) is 1. The molecular weight excluding hydrogens is 324 g/mol. The SMILES string of the molecule is CC1(c2cnc(-c3ccccc3)s2)C=C(Oc2cncnc2)NO1. The molecule has 1 unspecified atom stereocenters. The summed E-state index contributed by atoms with van der Waals surface area (Å²) in [6.45, 7) is 1.96. The van der Waals surface area contributed by atoms with Gasteiger partial charge in [-0.15, -0.1) is 11.3 Å². The zero-order valence-electron chi connectivity index (χ0n) is 12.8. The van der Waals surface area contributed by atoms with Crippen molar-refractivity contribution >= 4 is 11.3 Å². The molecule has 2 aromatic heterocycles. The first-order valence-corrected chi connectivity index (χ1v) is 8.16. The number of thiazole rings is 1. The second-order valence-corrected chi connectivity index (χ2v) is 6.42. The Labute approximate surface area is 142 Å². The molecule has 3 aromatic rings. The summed E-state index contributed by atoms with van der Waals surface area (Å²) in [5.74, 6) is 1.04. The van der Waals surface area contributed by atoms with Crippen LogP contribution in [0.25, 0.3) is 10.6 Å². The van der Waals surface area contributed by atoms with Crippen molar-refractivity contribution in [1.29, 1.82) is 0 Å². The zero-order valence-corrected chi connectivity index (χ0v) is 13.7. The maximum absolute atomic E-state index is 5.72. The van der Waals surface area contributed by atoms with Crippen LogP contribution in [0, 0.1) is 0 Å². The van der Waals surface area contributed by atoms with Crippen molar-refractivity contribution in [2.45, 2.75) is 12.5 Å². The quantitative estimate of drug-likeness (QED) is 0.787. The third-order valence-corrected chi connectivity index (χ3v) is 4.82. The molecule has 1 aromatic carbocycles. The summed E-state index contributed by atoms with van der Waals surface area (Å²) in [6, 6.07) is 10.1. The summed E-state index contributed by atoms with van der Waals surface area (Å²) in [5.41, 5.74) is 3.25. The Bertz CT molecular complexity index is 867. The van der Waals surface area contributed by atoms with Gasteiger partial charge in [0.2, 0.25) is 5.88 Å². The van der Waals surface area contributed by atoms with E-state index in [-0.39, 0.29) is 0 Å². The van der Waals surface area contributed by atoms with E-state index in [2.05, 4.69) is 20.4 Å². The van der Waals surface area contributed by atoms with E-state index in [0.717, 1.165) is 15.4 Å². The van der Waals surface area contributed by atoms with Crippen LogP contribution < -0.4 is 10.2 Å². The molecular formula is C17H14N4O2S. The number of rotatable bonds is 4. The minimum absolute atomic E-state index is 0.502. The van der Waals surface area contributed by atoms with Crippen molar-refractivity contribution < 1.29 is 9.57 Å². The minimum Gasteiger partial charge on any atom is -0.436 e. The van der Waals surface area contributed by atoms with E-state index in [1.54, 1.807) is 23.7 Å². The molecule has 1 N–H and O–H groups in total. The van der Waals surface area contributed by atoms with Gasteiger partial charge in [-0.2, -0.15) is 0 Å². The Kier molecular flexibility index (Phi) is 3.72. The number of nitrogens with zero attached hydrogens (tertiary/aromatic N) is 3. The molecule has 1 aliphatic heterocycles. The van der Waals surface area contributed by atoms with Gasteiger partial charge in [-0.1, -0.05) is 30.3 Å². The predicted molar refractivity (Wildman–Crippen MR) is 89.9 cm³/mol. The number of ether oxygens (including phenoxy) is 1. The first-order valence-electron chi connectivity index (χ1n) is 7.34. The third kappa shape index (κ3) is 2.86. The lowest BCUT2D eigenvalue weighted by Crippen LogP contribution is -2.22. The molecule has 0 fully saturated rings. The lowest BCUT2D eigenvalue weighted by Gasteiger charge is -2.16. The van der Waals surface area contributed by atoms with Gasteiger partial charge in [0.05, 0.1) is 17.3 Å². The minimum atomic E-state index is -0.643. The van der Waals surface area contributed by atoms with Crippen molar-refractivity contribution in [2.75, 3.05) is 0 Å². The largest absolute Gasteiger partial charge is 0.436 e. The fourth-order valence-corrected chi connectivity index (χ4v) is 3.30. The number of hydrogen-bond acceptors (Lipinski definition) is 7. The van der Waals surface area contributed by atoms with Crippen LogP contribution in [0.5, 0.6) is 5.75 Å². The highest BCUT2D eigenvalue weighted by Crippen LogP contribution is 2.37. The molecule has 0 bridgehead atoms. The van der Waals surface area contributed by atoms with Gasteiger partial charge < -0.3 is 4.74 Å². The molecule has 4 rings (SSSR count). The molecule has 0 amide bonds. The number of benzene rings is 1. The van der Waals surface area contributed by atoms with Gasteiger partial charge in [0, 0.05) is 17.8 Å². The van der Waals surface area contributed by atoms with E-state index < -0.39 is 5.60 Å². The molecule has 0 aliphatic carbocycles. The van der Waals surface area contributed by atoms with Gasteiger partial charge in [-0.05, 0) is 6.92 Å². The fraction of sp³-hybridized carbons (Fsp3) is 0.118. The van der Waals surface area contributed by atoms with Gasteiger partial charge in [-0.25, -0.2) is 20.4 Å². The molecule has 3 heterocycles. The summed E-state index contributed by atoms with van der Waals surface area (Å²) < 4.78 is 5.67. The highest BCUT2D eigenvalue weighted by atomic mass is 32.1. The predicted octanol–water partition coefficient (Wildman–Crippen LogP) is 3.27. The van der Waals surface area contributed by atoms with Crippen molar-refractivity contribution in [1.82, 2.24) is 20.4 Å². The Morgan fingerprint density at radius 3 is 2.71 bits per heavy atom. The fourth-order valence-electron chi connectivity index (χ4n) is 2.32. The highest BCUT2D eigenvalue weighted by Gasteiger charge is 2.35. The van der Waals surface area contributed by atoms with Crippen LogP contribution >= 0.6 is 11.3 Å². The number of aromatic nitrogens is 3. The first kappa shape index (κ1) is 14.8. The van der Waals surface area contributed by atoms with Crippen LogP contribution in [-0.2, 0) is 10.4 Å². The van der Waals surface area contributed by atoms with E-state index in [1.807, 2.05) is 49.5 Å². The van der Waals surface area contributed by atoms with Crippen LogP contribution in [0.3, 0.4) is 0 Å². The van der Waals surface area contributed by atoms with Gasteiger partial charge in [-0.3, -0.25) is 4.84 Å². The lowest BCUT2D eigenvalue weighted by atomic mass is 10.1. The van der Waals surface area contributed by atoms with E-state index in [0.29, 0.717) is 11.6 Å². The average Bonchev–Trinajstić information content (AvgIpc) is 3.25. The number of nitrogens with one attached hydrogen (secondary N) is 1. The highest BCUT2D eigenvalue weighted by molar-refractivity contribution is 7.15. The topological polar surface area (TPSA) is 69.2 Å². The van der Waals surface area contributed by atoms with E-state index >= 15 is 0 Å². The molecule has 7 heteroatoms. The molecule has 0 spiro atoms. The first-order chi connectivity index (χ1) is 11.7. The Hall–Kier alpha value is -2.77. The summed E-state index contributed by atoms with van der Waals surface area (Å²) in [6.07, 6.45) is 8.34. The van der Waals surface area contributed by atoms with Gasteiger partial charge >= 0.3 is 0 Å². The number of hydroxylamine groups is 1. The maximum atomic E-state index is 5.72. The monoisotopic (exact) mass is 338 g/mol. The second kappa shape index (κ2) is 6.03. The van der Waals surface area contributed by atoms with E-state index in [9.17, 15) is 0 Å².